The molecule has 0 radical (unpaired) electrons. The molecule has 0 spiro atoms. The van der Waals surface area contributed by atoms with Crippen molar-refractivity contribution in [3.05, 3.63) is 87.9 Å². The number of benzene rings is 3. The fourth-order valence-electron chi connectivity index (χ4n) is 2.65. The topological polar surface area (TPSA) is 109 Å². The fourth-order valence-corrected chi connectivity index (χ4v) is 3.07. The lowest BCUT2D eigenvalue weighted by Crippen LogP contribution is -2.32. The van der Waals surface area contributed by atoms with Gasteiger partial charge in [-0.25, -0.2) is 5.43 Å². The Hall–Kier alpha value is -3.88. The molecule has 0 fully saturated rings. The Kier molecular flexibility index (Phi) is 8.61. The molecule has 174 valence electrons. The van der Waals surface area contributed by atoms with Crippen LogP contribution in [0.2, 0.25) is 10.0 Å². The van der Waals surface area contributed by atoms with Crippen LogP contribution < -0.4 is 20.8 Å². The molecular weight excluding hydrogens is 479 g/mol. The molecule has 8 nitrogen and oxygen atoms in total. The molecule has 0 aromatic heterocycles. The average molecular weight is 499 g/mol. The van der Waals surface area contributed by atoms with Crippen molar-refractivity contribution < 1.29 is 19.1 Å². The summed E-state index contributed by atoms with van der Waals surface area (Å²) in [5.41, 5.74) is 4.69. The summed E-state index contributed by atoms with van der Waals surface area (Å²) in [4.78, 5) is 35.9. The van der Waals surface area contributed by atoms with E-state index in [-0.39, 0.29) is 17.4 Å². The monoisotopic (exact) mass is 498 g/mol. The van der Waals surface area contributed by atoms with Gasteiger partial charge < -0.3 is 15.4 Å². The minimum absolute atomic E-state index is 0.234. The minimum Gasteiger partial charge on any atom is -0.482 e. The summed E-state index contributed by atoms with van der Waals surface area (Å²) in [6.45, 7) is 1.64. The highest BCUT2D eigenvalue weighted by molar-refractivity contribution is 6.39. The van der Waals surface area contributed by atoms with E-state index < -0.39 is 17.7 Å². The van der Waals surface area contributed by atoms with Crippen molar-refractivity contribution in [1.29, 1.82) is 0 Å². The summed E-state index contributed by atoms with van der Waals surface area (Å²) < 4.78 is 5.45. The first kappa shape index (κ1) is 24.8. The number of carbonyl (C=O) groups excluding carboxylic acids is 3. The number of hydrazone groups is 1. The lowest BCUT2D eigenvalue weighted by molar-refractivity contribution is -0.136. The Bertz CT molecular complexity index is 1230. The third kappa shape index (κ3) is 7.33. The number of rotatable bonds is 7. The molecule has 0 aliphatic rings. The van der Waals surface area contributed by atoms with Crippen molar-refractivity contribution in [3.8, 4) is 5.75 Å². The van der Waals surface area contributed by atoms with Crippen molar-refractivity contribution >= 4 is 58.5 Å². The molecule has 0 heterocycles. The second kappa shape index (κ2) is 11.8. The largest absolute Gasteiger partial charge is 0.482 e. The van der Waals surface area contributed by atoms with E-state index in [1.54, 1.807) is 48.5 Å². The van der Waals surface area contributed by atoms with E-state index in [4.69, 9.17) is 27.9 Å². The van der Waals surface area contributed by atoms with Gasteiger partial charge in [0.25, 0.3) is 5.91 Å². The van der Waals surface area contributed by atoms with Crippen molar-refractivity contribution in [1.82, 2.24) is 5.43 Å². The van der Waals surface area contributed by atoms with Crippen LogP contribution in [0.15, 0.2) is 71.8 Å². The van der Waals surface area contributed by atoms with Crippen molar-refractivity contribution in [2.75, 3.05) is 17.2 Å². The molecule has 3 aromatic rings. The van der Waals surface area contributed by atoms with Crippen molar-refractivity contribution in [2.45, 2.75) is 6.92 Å². The SMILES string of the molecule is Cc1ccc(NC(=O)C(=O)N/N=C\c2ccc(OCC(=O)Nc3ccccc3Cl)c(Cl)c2)cc1. The number of anilines is 2. The maximum atomic E-state index is 12.1. The zero-order chi connectivity index (χ0) is 24.5. The molecule has 3 rings (SSSR count). The number of hydrogen-bond donors (Lipinski definition) is 3. The molecule has 0 aliphatic heterocycles. The molecule has 10 heteroatoms. The van der Waals surface area contributed by atoms with Gasteiger partial charge in [0.05, 0.1) is 21.9 Å². The van der Waals surface area contributed by atoms with Crippen LogP contribution in [0.1, 0.15) is 11.1 Å². The standard InChI is InChI=1S/C24H20Cl2N4O4/c1-15-6-9-17(10-7-15)28-23(32)24(33)30-27-13-16-8-11-21(19(26)12-16)34-14-22(31)29-20-5-3-2-4-18(20)25/h2-13H,14H2,1H3,(H,28,32)(H,29,31)(H,30,33)/b27-13-. The first-order chi connectivity index (χ1) is 16.3. The molecule has 0 saturated heterocycles. The lowest BCUT2D eigenvalue weighted by atomic mass is 10.2. The highest BCUT2D eigenvalue weighted by atomic mass is 35.5. The van der Waals surface area contributed by atoms with Gasteiger partial charge in [-0.05, 0) is 55.0 Å². The smallest absolute Gasteiger partial charge is 0.329 e. The Morgan fingerprint density at radius 1 is 0.912 bits per heavy atom. The van der Waals surface area contributed by atoms with Crippen LogP contribution in [0, 0.1) is 6.92 Å². The molecule has 3 amide bonds. The number of aryl methyl sites for hydroxylation is 1. The molecule has 3 N–H and O–H groups in total. The third-order valence-corrected chi connectivity index (χ3v) is 4.98. The minimum atomic E-state index is -0.924. The number of amides is 3. The molecule has 3 aromatic carbocycles. The zero-order valence-electron chi connectivity index (χ0n) is 18.0. The van der Waals surface area contributed by atoms with Crippen molar-refractivity contribution in [2.24, 2.45) is 5.10 Å². The van der Waals surface area contributed by atoms with Crippen LogP contribution in [-0.2, 0) is 14.4 Å². The van der Waals surface area contributed by atoms with E-state index >= 15 is 0 Å². The highest BCUT2D eigenvalue weighted by Gasteiger charge is 2.13. The Balaban J connectivity index is 1.48. The quantitative estimate of drug-likeness (QED) is 0.254. The maximum absolute atomic E-state index is 12.1. The number of ether oxygens (including phenoxy) is 1. The van der Waals surface area contributed by atoms with Crippen LogP contribution in [0.25, 0.3) is 0 Å². The summed E-state index contributed by atoms with van der Waals surface area (Å²) in [6.07, 6.45) is 1.32. The predicted molar refractivity (Wildman–Crippen MR) is 133 cm³/mol. The molecule has 0 unspecified atom stereocenters. The summed E-state index contributed by atoms with van der Waals surface area (Å²) >= 11 is 12.2. The number of para-hydroxylation sites is 1. The first-order valence-corrected chi connectivity index (χ1v) is 10.7. The molecule has 0 aliphatic carbocycles. The summed E-state index contributed by atoms with van der Waals surface area (Å²) in [5, 5.41) is 9.52. The van der Waals surface area contributed by atoms with E-state index in [9.17, 15) is 14.4 Å². The van der Waals surface area contributed by atoms with Gasteiger partial charge in [-0.15, -0.1) is 0 Å². The maximum Gasteiger partial charge on any atom is 0.329 e. The summed E-state index contributed by atoms with van der Waals surface area (Å²) in [6, 6.07) is 18.6. The van der Waals surface area contributed by atoms with Gasteiger partial charge >= 0.3 is 11.8 Å². The van der Waals surface area contributed by atoms with E-state index in [1.165, 1.54) is 12.3 Å². The normalized spacial score (nSPS) is 10.6. The second-order valence-electron chi connectivity index (χ2n) is 7.03. The molecular formula is C24H20Cl2N4O4. The van der Waals surface area contributed by atoms with Gasteiger partial charge in [0.2, 0.25) is 0 Å². The fraction of sp³-hybridized carbons (Fsp3) is 0.0833. The molecule has 34 heavy (non-hydrogen) atoms. The lowest BCUT2D eigenvalue weighted by Gasteiger charge is -2.10. The van der Waals surface area contributed by atoms with Crippen molar-refractivity contribution in [3.63, 3.8) is 0 Å². The zero-order valence-corrected chi connectivity index (χ0v) is 19.5. The van der Waals surface area contributed by atoms with Crippen LogP contribution in [-0.4, -0.2) is 30.5 Å². The molecule has 0 bridgehead atoms. The Labute approximate surface area is 205 Å². The Morgan fingerprint density at radius 2 is 1.65 bits per heavy atom. The van der Waals surface area contributed by atoms with Gasteiger partial charge in [0.1, 0.15) is 5.75 Å². The second-order valence-corrected chi connectivity index (χ2v) is 7.84. The number of hydrogen-bond acceptors (Lipinski definition) is 5. The van der Waals surface area contributed by atoms with E-state index in [1.807, 2.05) is 19.1 Å². The van der Waals surface area contributed by atoms with Gasteiger partial charge in [-0.1, -0.05) is 53.0 Å². The van der Waals surface area contributed by atoms with E-state index in [0.717, 1.165) is 5.56 Å². The Morgan fingerprint density at radius 3 is 2.35 bits per heavy atom. The van der Waals surface area contributed by atoms with Gasteiger partial charge in [0, 0.05) is 5.69 Å². The number of carbonyl (C=O) groups is 3. The third-order valence-electron chi connectivity index (χ3n) is 4.36. The van der Waals surface area contributed by atoms with Crippen LogP contribution >= 0.6 is 23.2 Å². The van der Waals surface area contributed by atoms with Gasteiger partial charge in [-0.2, -0.15) is 5.10 Å². The summed E-state index contributed by atoms with van der Waals surface area (Å²) in [5.74, 6) is -1.89. The molecule has 0 atom stereocenters. The first-order valence-electron chi connectivity index (χ1n) is 9.99. The van der Waals surface area contributed by atoms with E-state index in [0.29, 0.717) is 22.0 Å². The van der Waals surface area contributed by atoms with Crippen LogP contribution in [0.5, 0.6) is 5.75 Å². The van der Waals surface area contributed by atoms with Crippen LogP contribution in [0.3, 0.4) is 0 Å². The highest BCUT2D eigenvalue weighted by Crippen LogP contribution is 2.25. The predicted octanol–water partition coefficient (Wildman–Crippen LogP) is 4.41. The number of nitrogens with one attached hydrogen (secondary N) is 3. The van der Waals surface area contributed by atoms with E-state index in [2.05, 4.69) is 21.2 Å². The van der Waals surface area contributed by atoms with Crippen LogP contribution in [0.4, 0.5) is 11.4 Å². The summed E-state index contributed by atoms with van der Waals surface area (Å²) in [7, 11) is 0. The van der Waals surface area contributed by atoms with Gasteiger partial charge in [0.15, 0.2) is 6.61 Å². The molecule has 0 saturated carbocycles. The average Bonchev–Trinajstić information content (AvgIpc) is 2.81. The number of halogens is 2. The van der Waals surface area contributed by atoms with Gasteiger partial charge in [-0.3, -0.25) is 14.4 Å². The number of nitrogens with zero attached hydrogens (tertiary/aromatic N) is 1.